The van der Waals surface area contributed by atoms with Gasteiger partial charge in [-0.05, 0) is 20.3 Å². The van der Waals surface area contributed by atoms with Crippen LogP contribution in [0.4, 0.5) is 0 Å². The Morgan fingerprint density at radius 1 is 1.38 bits per heavy atom. The Kier molecular flexibility index (Phi) is 5.06. The minimum Gasteiger partial charge on any atom is -0.481 e. The van der Waals surface area contributed by atoms with Crippen LogP contribution in [0, 0.1) is 0 Å². The Bertz CT molecular complexity index is 191. The maximum absolute atomic E-state index is 10.9. The second kappa shape index (κ2) is 5.53. The lowest BCUT2D eigenvalue weighted by Crippen LogP contribution is -2.35. The first-order chi connectivity index (χ1) is 5.91. The molecule has 0 bridgehead atoms. The molecule has 13 heavy (non-hydrogen) atoms. The van der Waals surface area contributed by atoms with Gasteiger partial charge in [0.1, 0.15) is 6.42 Å². The number of aliphatic hydroxyl groups is 1. The Balaban J connectivity index is 3.71. The van der Waals surface area contributed by atoms with E-state index in [9.17, 15) is 9.59 Å². The molecule has 0 spiro atoms. The average Bonchev–Trinajstić information content (AvgIpc) is 1.80. The minimum atomic E-state index is -1.15. The van der Waals surface area contributed by atoms with Crippen molar-refractivity contribution >= 4 is 11.9 Å². The first-order valence-electron chi connectivity index (χ1n) is 4.11. The predicted octanol–water partition coefficient (Wildman–Crippen LogP) is -0.263. The number of aliphatic hydroxyl groups excluding tert-OH is 1. The topological polar surface area (TPSA) is 86.6 Å². The number of amides is 1. The zero-order valence-corrected chi connectivity index (χ0v) is 7.78. The maximum atomic E-state index is 10.9. The van der Waals surface area contributed by atoms with Gasteiger partial charge in [0.25, 0.3) is 0 Å². The number of carbonyl (C=O) groups is 2. The molecule has 0 aromatic heterocycles. The van der Waals surface area contributed by atoms with Gasteiger partial charge in [0.15, 0.2) is 0 Å². The molecule has 2 atom stereocenters. The molecule has 1 amide bonds. The molecule has 0 heterocycles. The number of aliphatic carboxylic acids is 1. The summed E-state index contributed by atoms with van der Waals surface area (Å²) in [5.74, 6) is -1.68. The van der Waals surface area contributed by atoms with Gasteiger partial charge in [-0.1, -0.05) is 0 Å². The standard InChI is InChI=1S/C8H15NO4/c1-5(3-6(2)10)9-7(11)4-8(12)13/h5-6,10H,3-4H2,1-2H3,(H,9,11)(H,12,13). The smallest absolute Gasteiger partial charge is 0.312 e. The van der Waals surface area contributed by atoms with Crippen LogP contribution >= 0.6 is 0 Å². The molecule has 0 aromatic rings. The van der Waals surface area contributed by atoms with E-state index in [0.29, 0.717) is 6.42 Å². The summed E-state index contributed by atoms with van der Waals surface area (Å²) in [4.78, 5) is 21.0. The molecule has 0 rings (SSSR count). The predicted molar refractivity (Wildman–Crippen MR) is 46.2 cm³/mol. The number of carboxylic acids is 1. The Hall–Kier alpha value is -1.10. The molecule has 2 unspecified atom stereocenters. The molecular weight excluding hydrogens is 174 g/mol. The van der Waals surface area contributed by atoms with E-state index >= 15 is 0 Å². The summed E-state index contributed by atoms with van der Waals surface area (Å²) in [6.45, 7) is 3.33. The second-order valence-electron chi connectivity index (χ2n) is 3.12. The fourth-order valence-electron chi connectivity index (χ4n) is 1.03. The second-order valence-corrected chi connectivity index (χ2v) is 3.12. The number of hydrogen-bond donors (Lipinski definition) is 3. The summed E-state index contributed by atoms with van der Waals surface area (Å²) in [7, 11) is 0. The molecule has 0 saturated heterocycles. The van der Waals surface area contributed by atoms with Crippen LogP contribution in [0.25, 0.3) is 0 Å². The molecule has 3 N–H and O–H groups in total. The van der Waals surface area contributed by atoms with Gasteiger partial charge in [-0.25, -0.2) is 0 Å². The molecule has 0 saturated carbocycles. The van der Waals surface area contributed by atoms with Crippen molar-refractivity contribution in [2.75, 3.05) is 0 Å². The fraction of sp³-hybridized carbons (Fsp3) is 0.750. The van der Waals surface area contributed by atoms with Crippen LogP contribution in [0.15, 0.2) is 0 Å². The molecule has 5 nitrogen and oxygen atoms in total. The van der Waals surface area contributed by atoms with Gasteiger partial charge in [-0.15, -0.1) is 0 Å². The molecule has 0 aliphatic heterocycles. The largest absolute Gasteiger partial charge is 0.481 e. The van der Waals surface area contributed by atoms with Crippen LogP contribution in [0.5, 0.6) is 0 Å². The van der Waals surface area contributed by atoms with Gasteiger partial charge in [0.05, 0.1) is 6.10 Å². The van der Waals surface area contributed by atoms with Crippen molar-refractivity contribution < 1.29 is 19.8 Å². The molecule has 76 valence electrons. The van der Waals surface area contributed by atoms with Gasteiger partial charge in [-0.3, -0.25) is 9.59 Å². The highest BCUT2D eigenvalue weighted by Crippen LogP contribution is 1.96. The van der Waals surface area contributed by atoms with E-state index in [4.69, 9.17) is 10.2 Å². The highest BCUT2D eigenvalue weighted by atomic mass is 16.4. The van der Waals surface area contributed by atoms with E-state index in [-0.39, 0.29) is 6.04 Å². The van der Waals surface area contributed by atoms with E-state index in [1.807, 2.05) is 0 Å². The zero-order chi connectivity index (χ0) is 10.4. The van der Waals surface area contributed by atoms with Gasteiger partial charge >= 0.3 is 5.97 Å². The maximum Gasteiger partial charge on any atom is 0.312 e. The third kappa shape index (κ3) is 7.27. The van der Waals surface area contributed by atoms with Crippen LogP contribution in [-0.2, 0) is 9.59 Å². The van der Waals surface area contributed by atoms with Crippen molar-refractivity contribution in [3.8, 4) is 0 Å². The molecule has 0 aliphatic rings. The van der Waals surface area contributed by atoms with Crippen LogP contribution in [0.3, 0.4) is 0 Å². The lowest BCUT2D eigenvalue weighted by molar-refractivity contribution is -0.140. The third-order valence-electron chi connectivity index (χ3n) is 1.41. The first-order valence-corrected chi connectivity index (χ1v) is 4.11. The summed E-state index contributed by atoms with van der Waals surface area (Å²) in [6, 6.07) is -0.202. The molecular formula is C8H15NO4. The van der Waals surface area contributed by atoms with E-state index in [0.717, 1.165) is 0 Å². The number of carboxylic acid groups (broad SMARTS) is 1. The average molecular weight is 189 g/mol. The van der Waals surface area contributed by atoms with Gasteiger partial charge in [0, 0.05) is 6.04 Å². The van der Waals surface area contributed by atoms with Crippen LogP contribution in [-0.4, -0.2) is 34.2 Å². The third-order valence-corrected chi connectivity index (χ3v) is 1.41. The number of rotatable bonds is 5. The molecule has 5 heteroatoms. The van der Waals surface area contributed by atoms with Crippen LogP contribution in [0.1, 0.15) is 26.7 Å². The van der Waals surface area contributed by atoms with E-state index in [2.05, 4.69) is 5.32 Å². The molecule has 0 aromatic carbocycles. The Labute approximate surface area is 76.8 Å². The summed E-state index contributed by atoms with van der Waals surface area (Å²) >= 11 is 0. The number of hydrogen-bond acceptors (Lipinski definition) is 3. The molecule has 0 radical (unpaired) electrons. The van der Waals surface area contributed by atoms with Crippen molar-refractivity contribution in [2.45, 2.75) is 38.8 Å². The SMILES string of the molecule is CC(O)CC(C)NC(=O)CC(=O)O. The monoisotopic (exact) mass is 189 g/mol. The van der Waals surface area contributed by atoms with Crippen molar-refractivity contribution in [3.05, 3.63) is 0 Å². The number of carbonyl (C=O) groups excluding carboxylic acids is 1. The van der Waals surface area contributed by atoms with Crippen molar-refractivity contribution in [3.63, 3.8) is 0 Å². The van der Waals surface area contributed by atoms with Gasteiger partial charge in [0.2, 0.25) is 5.91 Å². The van der Waals surface area contributed by atoms with Crippen molar-refractivity contribution in [2.24, 2.45) is 0 Å². The fourth-order valence-corrected chi connectivity index (χ4v) is 1.03. The van der Waals surface area contributed by atoms with Crippen LogP contribution < -0.4 is 5.32 Å². The van der Waals surface area contributed by atoms with E-state index in [1.165, 1.54) is 0 Å². The Morgan fingerprint density at radius 3 is 2.31 bits per heavy atom. The highest BCUT2D eigenvalue weighted by molar-refractivity contribution is 5.93. The minimum absolute atomic E-state index is 0.202. The summed E-state index contributed by atoms with van der Waals surface area (Å²) in [5, 5.41) is 19.7. The van der Waals surface area contributed by atoms with E-state index < -0.39 is 24.4 Å². The first kappa shape index (κ1) is 11.9. The summed E-state index contributed by atoms with van der Waals surface area (Å²) in [6.07, 6.45) is -0.602. The lowest BCUT2D eigenvalue weighted by atomic mass is 10.1. The molecule has 0 aliphatic carbocycles. The highest BCUT2D eigenvalue weighted by Gasteiger charge is 2.12. The number of nitrogens with one attached hydrogen (secondary N) is 1. The van der Waals surface area contributed by atoms with Crippen molar-refractivity contribution in [1.29, 1.82) is 0 Å². The summed E-state index contributed by atoms with van der Waals surface area (Å²) in [5.41, 5.74) is 0. The normalized spacial score (nSPS) is 14.7. The van der Waals surface area contributed by atoms with Crippen LogP contribution in [0.2, 0.25) is 0 Å². The van der Waals surface area contributed by atoms with Crippen molar-refractivity contribution in [1.82, 2.24) is 5.32 Å². The Morgan fingerprint density at radius 2 is 1.92 bits per heavy atom. The quantitative estimate of drug-likeness (QED) is 0.520. The summed E-state index contributed by atoms with van der Waals surface area (Å²) < 4.78 is 0. The van der Waals surface area contributed by atoms with Gasteiger partial charge in [-0.2, -0.15) is 0 Å². The van der Waals surface area contributed by atoms with E-state index in [1.54, 1.807) is 13.8 Å². The zero-order valence-electron chi connectivity index (χ0n) is 7.78. The lowest BCUT2D eigenvalue weighted by Gasteiger charge is -2.14. The molecule has 0 fully saturated rings. The van der Waals surface area contributed by atoms with Gasteiger partial charge < -0.3 is 15.5 Å².